The molecule has 0 bridgehead atoms. The Bertz CT molecular complexity index is 402. The Balaban J connectivity index is 1.83. The smallest absolute Gasteiger partial charge is 0.239 e. The molecular formula is C14H22N2OS. The summed E-state index contributed by atoms with van der Waals surface area (Å²) in [5.41, 5.74) is 1.34. The molecule has 1 aliphatic rings. The average molecular weight is 266 g/mol. The fraction of sp³-hybridized carbons (Fsp3) is 0.643. The highest BCUT2D eigenvalue weighted by Crippen LogP contribution is 2.20. The Kier molecular flexibility index (Phi) is 4.40. The van der Waals surface area contributed by atoms with Crippen LogP contribution in [0.1, 0.15) is 35.1 Å². The van der Waals surface area contributed by atoms with E-state index in [9.17, 15) is 4.79 Å². The van der Waals surface area contributed by atoms with Crippen LogP contribution in [-0.4, -0.2) is 29.9 Å². The zero-order valence-electron chi connectivity index (χ0n) is 11.5. The maximum atomic E-state index is 12.1. The summed E-state index contributed by atoms with van der Waals surface area (Å²) in [4.78, 5) is 16.8. The molecule has 1 fully saturated rings. The van der Waals surface area contributed by atoms with Crippen molar-refractivity contribution in [3.63, 3.8) is 0 Å². The highest BCUT2D eigenvalue weighted by Gasteiger charge is 2.22. The first-order valence-corrected chi connectivity index (χ1v) is 7.47. The number of rotatable bonds is 4. The van der Waals surface area contributed by atoms with Gasteiger partial charge in [-0.2, -0.15) is 0 Å². The number of thiophene rings is 1. The van der Waals surface area contributed by atoms with Crippen LogP contribution in [-0.2, 0) is 11.3 Å². The lowest BCUT2D eigenvalue weighted by Gasteiger charge is -2.20. The van der Waals surface area contributed by atoms with Gasteiger partial charge in [-0.15, -0.1) is 11.3 Å². The van der Waals surface area contributed by atoms with Crippen molar-refractivity contribution < 1.29 is 4.79 Å². The van der Waals surface area contributed by atoms with E-state index >= 15 is 0 Å². The summed E-state index contributed by atoms with van der Waals surface area (Å²) in [5, 5.41) is 3.34. The molecule has 1 amide bonds. The number of carbonyl (C=O) groups excluding carboxylic acids is 1. The van der Waals surface area contributed by atoms with Gasteiger partial charge in [0.05, 0.1) is 6.04 Å². The topological polar surface area (TPSA) is 32.3 Å². The molecule has 0 radical (unpaired) electrons. The van der Waals surface area contributed by atoms with E-state index in [4.69, 9.17) is 0 Å². The molecule has 0 saturated carbocycles. The van der Waals surface area contributed by atoms with Crippen LogP contribution in [0.25, 0.3) is 0 Å². The van der Waals surface area contributed by atoms with Gasteiger partial charge in [-0.25, -0.2) is 0 Å². The van der Waals surface area contributed by atoms with Gasteiger partial charge in [-0.1, -0.05) is 0 Å². The van der Waals surface area contributed by atoms with Crippen LogP contribution in [0.4, 0.5) is 0 Å². The standard InChI is InChI=1S/C14H22N2OS/c1-10-8-13(18-12(10)3)9-15-11(2)14(17)16-6-4-5-7-16/h8,11,15H,4-7,9H2,1-3H3. The lowest BCUT2D eigenvalue weighted by Crippen LogP contribution is -2.43. The third-order valence-corrected chi connectivity index (χ3v) is 4.74. The van der Waals surface area contributed by atoms with Crippen molar-refractivity contribution >= 4 is 17.2 Å². The number of nitrogens with zero attached hydrogens (tertiary/aromatic N) is 1. The van der Waals surface area contributed by atoms with Gasteiger partial charge in [0, 0.05) is 29.4 Å². The van der Waals surface area contributed by atoms with Crippen LogP contribution in [0.15, 0.2) is 6.07 Å². The molecular weight excluding hydrogens is 244 g/mol. The zero-order chi connectivity index (χ0) is 13.1. The Morgan fingerprint density at radius 3 is 2.67 bits per heavy atom. The summed E-state index contributed by atoms with van der Waals surface area (Å²) in [6, 6.07) is 2.13. The molecule has 0 aliphatic carbocycles. The first kappa shape index (κ1) is 13.6. The highest BCUT2D eigenvalue weighted by atomic mass is 32.1. The number of hydrogen-bond acceptors (Lipinski definition) is 3. The van der Waals surface area contributed by atoms with Crippen LogP contribution < -0.4 is 5.32 Å². The Morgan fingerprint density at radius 1 is 1.44 bits per heavy atom. The minimum Gasteiger partial charge on any atom is -0.341 e. The van der Waals surface area contributed by atoms with Crippen molar-refractivity contribution in [2.24, 2.45) is 0 Å². The molecule has 18 heavy (non-hydrogen) atoms. The SMILES string of the molecule is Cc1cc(CNC(C)C(=O)N2CCCC2)sc1C. The molecule has 1 aromatic rings. The van der Waals surface area contributed by atoms with Crippen LogP contribution in [0.2, 0.25) is 0 Å². The van der Waals surface area contributed by atoms with E-state index in [2.05, 4.69) is 25.2 Å². The number of nitrogens with one attached hydrogen (secondary N) is 1. The second-order valence-electron chi connectivity index (χ2n) is 5.09. The maximum absolute atomic E-state index is 12.1. The quantitative estimate of drug-likeness (QED) is 0.908. The van der Waals surface area contributed by atoms with Crippen LogP contribution >= 0.6 is 11.3 Å². The molecule has 3 nitrogen and oxygen atoms in total. The molecule has 1 unspecified atom stereocenters. The summed E-state index contributed by atoms with van der Waals surface area (Å²) in [6.45, 7) is 8.90. The number of aryl methyl sites for hydroxylation is 2. The summed E-state index contributed by atoms with van der Waals surface area (Å²) < 4.78 is 0. The molecule has 4 heteroatoms. The van der Waals surface area contributed by atoms with Crippen molar-refractivity contribution in [2.75, 3.05) is 13.1 Å². The number of amides is 1. The molecule has 1 aliphatic heterocycles. The molecule has 1 atom stereocenters. The summed E-state index contributed by atoms with van der Waals surface area (Å²) in [7, 11) is 0. The molecule has 1 N–H and O–H groups in total. The summed E-state index contributed by atoms with van der Waals surface area (Å²) in [5.74, 6) is 0.248. The van der Waals surface area contributed by atoms with Gasteiger partial charge in [0.1, 0.15) is 0 Å². The molecule has 0 aromatic carbocycles. The molecule has 0 spiro atoms. The minimum atomic E-state index is -0.0780. The molecule has 2 rings (SSSR count). The van der Waals surface area contributed by atoms with E-state index < -0.39 is 0 Å². The normalized spacial score (nSPS) is 17.2. The molecule has 1 saturated heterocycles. The Morgan fingerprint density at radius 2 is 2.11 bits per heavy atom. The van der Waals surface area contributed by atoms with E-state index in [0.29, 0.717) is 0 Å². The third kappa shape index (κ3) is 3.12. The van der Waals surface area contributed by atoms with Gasteiger partial charge in [-0.05, 0) is 45.2 Å². The second kappa shape index (κ2) is 5.85. The van der Waals surface area contributed by atoms with Gasteiger partial charge >= 0.3 is 0 Å². The van der Waals surface area contributed by atoms with Gasteiger partial charge in [0.15, 0.2) is 0 Å². The molecule has 100 valence electrons. The van der Waals surface area contributed by atoms with Gasteiger partial charge in [0.2, 0.25) is 5.91 Å². The van der Waals surface area contributed by atoms with Crippen molar-refractivity contribution in [3.8, 4) is 0 Å². The monoisotopic (exact) mass is 266 g/mol. The Hall–Kier alpha value is -0.870. The number of carbonyl (C=O) groups is 1. The first-order chi connectivity index (χ1) is 8.58. The van der Waals surface area contributed by atoms with Crippen LogP contribution in [0.5, 0.6) is 0 Å². The predicted molar refractivity (Wildman–Crippen MR) is 75.9 cm³/mol. The lowest BCUT2D eigenvalue weighted by atomic mass is 10.2. The molecule has 2 heterocycles. The second-order valence-corrected chi connectivity index (χ2v) is 6.43. The number of hydrogen-bond donors (Lipinski definition) is 1. The van der Waals surface area contributed by atoms with Gasteiger partial charge in [0.25, 0.3) is 0 Å². The fourth-order valence-electron chi connectivity index (χ4n) is 2.29. The molecule has 1 aromatic heterocycles. The van der Waals surface area contributed by atoms with Gasteiger partial charge < -0.3 is 10.2 Å². The van der Waals surface area contributed by atoms with Crippen LogP contribution in [0.3, 0.4) is 0 Å². The van der Waals surface area contributed by atoms with E-state index in [-0.39, 0.29) is 11.9 Å². The average Bonchev–Trinajstić information content (AvgIpc) is 2.96. The zero-order valence-corrected chi connectivity index (χ0v) is 12.3. The first-order valence-electron chi connectivity index (χ1n) is 6.66. The van der Waals surface area contributed by atoms with E-state index in [1.54, 1.807) is 0 Å². The summed E-state index contributed by atoms with van der Waals surface area (Å²) >= 11 is 1.81. The number of likely N-dealkylation sites (tertiary alicyclic amines) is 1. The third-order valence-electron chi connectivity index (χ3n) is 3.59. The van der Waals surface area contributed by atoms with Crippen molar-refractivity contribution in [3.05, 3.63) is 21.4 Å². The lowest BCUT2D eigenvalue weighted by molar-refractivity contribution is -0.131. The Labute approximate surface area is 113 Å². The van der Waals surface area contributed by atoms with Gasteiger partial charge in [-0.3, -0.25) is 4.79 Å². The minimum absolute atomic E-state index is 0.0780. The van der Waals surface area contributed by atoms with Crippen molar-refractivity contribution in [1.29, 1.82) is 0 Å². The predicted octanol–water partition coefficient (Wildman–Crippen LogP) is 2.47. The van der Waals surface area contributed by atoms with E-state index in [1.165, 1.54) is 15.3 Å². The van der Waals surface area contributed by atoms with Crippen molar-refractivity contribution in [1.82, 2.24) is 10.2 Å². The largest absolute Gasteiger partial charge is 0.341 e. The van der Waals surface area contributed by atoms with Crippen LogP contribution in [0, 0.1) is 13.8 Å². The highest BCUT2D eigenvalue weighted by molar-refractivity contribution is 7.12. The van der Waals surface area contributed by atoms with E-state index in [0.717, 1.165) is 32.5 Å². The van der Waals surface area contributed by atoms with Crippen molar-refractivity contribution in [2.45, 2.75) is 46.2 Å². The van der Waals surface area contributed by atoms with E-state index in [1.807, 2.05) is 23.2 Å². The fourth-order valence-corrected chi connectivity index (χ4v) is 3.29. The summed E-state index contributed by atoms with van der Waals surface area (Å²) in [6.07, 6.45) is 2.31. The maximum Gasteiger partial charge on any atom is 0.239 e.